The summed E-state index contributed by atoms with van der Waals surface area (Å²) < 4.78 is 0.732. The number of carboxylic acids is 1. The molecule has 6 heteroatoms. The molecule has 26 heavy (non-hydrogen) atoms. The second-order valence-corrected chi connectivity index (χ2v) is 8.26. The number of aliphatic carboxylic acids is 1. The fraction of sp³-hybridized carbons (Fsp3) is 0.250. The Morgan fingerprint density at radius 2 is 1.85 bits per heavy atom. The smallest absolute Gasteiger partial charge is 0.307 e. The third-order valence-electron chi connectivity index (χ3n) is 4.35. The number of halogens is 1. The van der Waals surface area contributed by atoms with Crippen molar-refractivity contribution in [2.24, 2.45) is 0 Å². The Balaban J connectivity index is 1.61. The number of carboxylic acid groups (broad SMARTS) is 1. The maximum Gasteiger partial charge on any atom is 0.307 e. The summed E-state index contributed by atoms with van der Waals surface area (Å²) in [5.41, 5.74) is 4.00. The second-order valence-electron chi connectivity index (χ2n) is 6.55. The van der Waals surface area contributed by atoms with E-state index in [0.717, 1.165) is 37.6 Å². The van der Waals surface area contributed by atoms with Crippen LogP contribution in [0, 0.1) is 0 Å². The predicted octanol–water partition coefficient (Wildman–Crippen LogP) is 4.95. The fourth-order valence-electron chi connectivity index (χ4n) is 2.90. The van der Waals surface area contributed by atoms with E-state index in [9.17, 15) is 4.79 Å². The monoisotopic (exact) mass is 384 g/mol. The maximum atomic E-state index is 10.8. The zero-order valence-electron chi connectivity index (χ0n) is 14.0. The number of carbonyl (C=O) groups is 1. The van der Waals surface area contributed by atoms with Gasteiger partial charge >= 0.3 is 5.97 Å². The molecule has 1 aromatic carbocycles. The van der Waals surface area contributed by atoms with Crippen LogP contribution in [0.5, 0.6) is 0 Å². The first-order valence-corrected chi connectivity index (χ1v) is 9.69. The Labute approximate surface area is 160 Å². The van der Waals surface area contributed by atoms with Gasteiger partial charge in [-0.25, -0.2) is 9.97 Å². The highest BCUT2D eigenvalue weighted by atomic mass is 35.5. The van der Waals surface area contributed by atoms with Gasteiger partial charge in [0, 0.05) is 23.7 Å². The molecule has 0 radical (unpaired) electrons. The summed E-state index contributed by atoms with van der Waals surface area (Å²) in [5.74, 6) is 0.467. The standard InChI is InChI=1S/C20H17ClN2O2S/c21-18-8-7-17(26-18)20-22-15(11-16(23-20)14-5-6-14)9-12-1-3-13(4-2-12)10-19(24)25/h1-4,7-8,11,14H,5-6,9-10H2,(H,24,25). The normalized spacial score (nSPS) is 13.7. The molecule has 1 N–H and O–H groups in total. The van der Waals surface area contributed by atoms with Gasteiger partial charge in [0.05, 0.1) is 15.6 Å². The van der Waals surface area contributed by atoms with E-state index in [1.54, 1.807) is 0 Å². The van der Waals surface area contributed by atoms with Gasteiger partial charge in [-0.15, -0.1) is 11.3 Å². The van der Waals surface area contributed by atoms with Crippen molar-refractivity contribution in [3.05, 3.63) is 69.3 Å². The van der Waals surface area contributed by atoms with E-state index in [-0.39, 0.29) is 6.42 Å². The molecule has 0 atom stereocenters. The van der Waals surface area contributed by atoms with Crippen molar-refractivity contribution in [1.29, 1.82) is 0 Å². The van der Waals surface area contributed by atoms with Crippen LogP contribution in [0.15, 0.2) is 42.5 Å². The Hall–Kier alpha value is -2.24. The summed E-state index contributed by atoms with van der Waals surface area (Å²) >= 11 is 7.56. The van der Waals surface area contributed by atoms with Gasteiger partial charge in [0.15, 0.2) is 5.82 Å². The minimum atomic E-state index is -0.818. The molecule has 132 valence electrons. The number of thiophene rings is 1. The summed E-state index contributed by atoms with van der Waals surface area (Å²) in [6.45, 7) is 0. The van der Waals surface area contributed by atoms with Gasteiger partial charge in [-0.2, -0.15) is 0 Å². The van der Waals surface area contributed by atoms with E-state index in [1.165, 1.54) is 24.2 Å². The van der Waals surface area contributed by atoms with Gasteiger partial charge in [0.1, 0.15) is 0 Å². The lowest BCUT2D eigenvalue weighted by atomic mass is 10.0. The van der Waals surface area contributed by atoms with Crippen LogP contribution < -0.4 is 0 Å². The molecule has 1 aliphatic rings. The number of nitrogens with zero attached hydrogens (tertiary/aromatic N) is 2. The quantitative estimate of drug-likeness (QED) is 0.652. The van der Waals surface area contributed by atoms with Gasteiger partial charge in [-0.1, -0.05) is 35.9 Å². The third-order valence-corrected chi connectivity index (χ3v) is 5.58. The Bertz CT molecular complexity index is 949. The molecular weight excluding hydrogens is 368 g/mol. The molecular formula is C20H17ClN2O2S. The Morgan fingerprint density at radius 3 is 2.46 bits per heavy atom. The van der Waals surface area contributed by atoms with E-state index < -0.39 is 5.97 Å². The summed E-state index contributed by atoms with van der Waals surface area (Å²) in [6.07, 6.45) is 3.11. The van der Waals surface area contributed by atoms with Crippen LogP contribution in [0.2, 0.25) is 4.34 Å². The first kappa shape index (κ1) is 17.2. The lowest BCUT2D eigenvalue weighted by Gasteiger charge is -2.08. The predicted molar refractivity (Wildman–Crippen MR) is 103 cm³/mol. The van der Waals surface area contributed by atoms with E-state index in [0.29, 0.717) is 12.3 Å². The van der Waals surface area contributed by atoms with Crippen LogP contribution >= 0.6 is 22.9 Å². The molecule has 0 bridgehead atoms. The molecule has 2 aromatic heterocycles. The average Bonchev–Trinajstić information content (AvgIpc) is 3.37. The van der Waals surface area contributed by atoms with Crippen LogP contribution in [0.4, 0.5) is 0 Å². The van der Waals surface area contributed by atoms with Crippen molar-refractivity contribution in [3.63, 3.8) is 0 Å². The van der Waals surface area contributed by atoms with Crippen molar-refractivity contribution in [2.75, 3.05) is 0 Å². The second kappa shape index (κ2) is 7.17. The largest absolute Gasteiger partial charge is 0.481 e. The number of hydrogen-bond donors (Lipinski definition) is 1. The molecule has 1 fully saturated rings. The fourth-order valence-corrected chi connectivity index (χ4v) is 3.88. The van der Waals surface area contributed by atoms with Crippen molar-refractivity contribution < 1.29 is 9.90 Å². The third kappa shape index (κ3) is 4.11. The molecule has 0 unspecified atom stereocenters. The van der Waals surface area contributed by atoms with E-state index in [1.807, 2.05) is 36.4 Å². The van der Waals surface area contributed by atoms with E-state index >= 15 is 0 Å². The van der Waals surface area contributed by atoms with Crippen molar-refractivity contribution >= 4 is 28.9 Å². The van der Waals surface area contributed by atoms with Gasteiger partial charge in [-0.3, -0.25) is 4.79 Å². The van der Waals surface area contributed by atoms with E-state index in [2.05, 4.69) is 6.07 Å². The molecule has 3 aromatic rings. The average molecular weight is 385 g/mol. The van der Waals surface area contributed by atoms with Gasteiger partial charge in [0.25, 0.3) is 0 Å². The molecule has 0 saturated heterocycles. The van der Waals surface area contributed by atoms with Crippen LogP contribution in [-0.4, -0.2) is 21.0 Å². The van der Waals surface area contributed by atoms with Crippen molar-refractivity contribution in [3.8, 4) is 10.7 Å². The number of benzene rings is 1. The van der Waals surface area contributed by atoms with Crippen LogP contribution in [0.25, 0.3) is 10.7 Å². The molecule has 1 aliphatic carbocycles. The Kier molecular flexibility index (Phi) is 4.74. The number of hydrogen-bond acceptors (Lipinski definition) is 4. The lowest BCUT2D eigenvalue weighted by molar-refractivity contribution is -0.136. The molecule has 0 amide bonds. The minimum absolute atomic E-state index is 0.0445. The van der Waals surface area contributed by atoms with Crippen LogP contribution in [0.1, 0.15) is 41.3 Å². The first-order valence-electron chi connectivity index (χ1n) is 8.50. The topological polar surface area (TPSA) is 63.1 Å². The lowest BCUT2D eigenvalue weighted by Crippen LogP contribution is -2.02. The Morgan fingerprint density at radius 1 is 1.12 bits per heavy atom. The highest BCUT2D eigenvalue weighted by Crippen LogP contribution is 2.40. The summed E-state index contributed by atoms with van der Waals surface area (Å²) in [5, 5.41) is 8.87. The molecule has 4 rings (SSSR count). The van der Waals surface area contributed by atoms with Gasteiger partial charge in [0.2, 0.25) is 0 Å². The highest BCUT2D eigenvalue weighted by molar-refractivity contribution is 7.19. The zero-order chi connectivity index (χ0) is 18.1. The SMILES string of the molecule is O=C(O)Cc1ccc(Cc2cc(C3CC3)nc(-c3ccc(Cl)s3)n2)cc1. The summed E-state index contributed by atoms with van der Waals surface area (Å²) in [6, 6.07) is 13.6. The molecule has 0 aliphatic heterocycles. The summed E-state index contributed by atoms with van der Waals surface area (Å²) in [7, 11) is 0. The summed E-state index contributed by atoms with van der Waals surface area (Å²) in [4.78, 5) is 21.3. The first-order chi connectivity index (χ1) is 12.6. The number of aromatic nitrogens is 2. The van der Waals surface area contributed by atoms with E-state index in [4.69, 9.17) is 26.7 Å². The van der Waals surface area contributed by atoms with Crippen LogP contribution in [-0.2, 0) is 17.6 Å². The molecule has 2 heterocycles. The van der Waals surface area contributed by atoms with Crippen LogP contribution in [0.3, 0.4) is 0 Å². The van der Waals surface area contributed by atoms with Gasteiger partial charge < -0.3 is 5.11 Å². The zero-order valence-corrected chi connectivity index (χ0v) is 15.6. The molecule has 4 nitrogen and oxygen atoms in total. The van der Waals surface area contributed by atoms with Gasteiger partial charge in [-0.05, 0) is 42.2 Å². The molecule has 0 spiro atoms. The highest BCUT2D eigenvalue weighted by Gasteiger charge is 2.26. The molecule has 1 saturated carbocycles. The van der Waals surface area contributed by atoms with Crippen molar-refractivity contribution in [1.82, 2.24) is 9.97 Å². The minimum Gasteiger partial charge on any atom is -0.481 e. The maximum absolute atomic E-state index is 10.8. The van der Waals surface area contributed by atoms with Crippen molar-refractivity contribution in [2.45, 2.75) is 31.6 Å². The number of rotatable bonds is 6.